The lowest BCUT2D eigenvalue weighted by Crippen LogP contribution is -2.23. The quantitative estimate of drug-likeness (QED) is 0.528. The van der Waals surface area contributed by atoms with Gasteiger partial charge in [-0.25, -0.2) is 4.68 Å². The number of rotatable bonds is 10. The maximum atomic E-state index is 14.2. The highest BCUT2D eigenvalue weighted by Gasteiger charge is 2.30. The van der Waals surface area contributed by atoms with Crippen LogP contribution in [0.2, 0.25) is 0 Å². The van der Waals surface area contributed by atoms with E-state index in [-0.39, 0.29) is 11.4 Å². The van der Waals surface area contributed by atoms with E-state index in [1.165, 1.54) is 49.6 Å². The molecular weight excluding hydrogens is 251 g/mol. The summed E-state index contributed by atoms with van der Waals surface area (Å²) in [7, 11) is 1.68. The molecule has 1 aromatic rings. The monoisotopic (exact) mass is 282 g/mol. The largest absolute Gasteiger partial charge is 0.242 e. The molecule has 116 valence electrons. The van der Waals surface area contributed by atoms with Crippen LogP contribution in [0.1, 0.15) is 84.1 Å². The van der Waals surface area contributed by atoms with E-state index in [2.05, 4.69) is 25.9 Å². The van der Waals surface area contributed by atoms with E-state index in [9.17, 15) is 4.39 Å². The van der Waals surface area contributed by atoms with Gasteiger partial charge in [-0.3, -0.25) is 0 Å². The molecule has 20 heavy (non-hydrogen) atoms. The topological polar surface area (TPSA) is 17.8 Å². The minimum atomic E-state index is -0.153. The second kappa shape index (κ2) is 8.43. The van der Waals surface area contributed by atoms with Crippen LogP contribution in [0.3, 0.4) is 0 Å². The van der Waals surface area contributed by atoms with Crippen molar-refractivity contribution in [1.82, 2.24) is 9.78 Å². The molecule has 0 aromatic carbocycles. The first-order valence-electron chi connectivity index (χ1n) is 8.23. The Balaban J connectivity index is 2.74. The number of hydrogen-bond acceptors (Lipinski definition) is 1. The second-order valence-corrected chi connectivity index (χ2v) is 6.30. The van der Waals surface area contributed by atoms with Crippen molar-refractivity contribution in [2.24, 2.45) is 7.05 Å². The molecule has 0 radical (unpaired) electrons. The standard InChI is InChI=1S/C17H31FN2/c1-5-7-9-11-13-17(3,12-10-8-6-2)15-14-19-20(4)16(15)18/h14H,5-13H2,1-4H3. The smallest absolute Gasteiger partial charge is 0.214 e. The van der Waals surface area contributed by atoms with Gasteiger partial charge in [0.05, 0.1) is 6.20 Å². The highest BCUT2D eigenvalue weighted by molar-refractivity contribution is 5.20. The molecule has 0 saturated heterocycles. The minimum Gasteiger partial charge on any atom is -0.242 e. The molecule has 0 aliphatic carbocycles. The molecule has 3 heteroatoms. The molecule has 0 bridgehead atoms. The zero-order valence-corrected chi connectivity index (χ0v) is 13.7. The fourth-order valence-corrected chi connectivity index (χ4v) is 2.93. The molecule has 0 spiro atoms. The van der Waals surface area contributed by atoms with Gasteiger partial charge in [-0.05, 0) is 18.3 Å². The minimum absolute atomic E-state index is 0.0543. The van der Waals surface area contributed by atoms with Crippen LogP contribution in [0.5, 0.6) is 0 Å². The van der Waals surface area contributed by atoms with Gasteiger partial charge in [-0.1, -0.05) is 65.7 Å². The lowest BCUT2D eigenvalue weighted by molar-refractivity contribution is 0.347. The van der Waals surface area contributed by atoms with Gasteiger partial charge in [-0.15, -0.1) is 0 Å². The molecule has 1 atom stereocenters. The summed E-state index contributed by atoms with van der Waals surface area (Å²) in [6, 6.07) is 0. The summed E-state index contributed by atoms with van der Waals surface area (Å²) in [5, 5.41) is 4.10. The third kappa shape index (κ3) is 4.60. The van der Waals surface area contributed by atoms with Gasteiger partial charge in [0.2, 0.25) is 5.95 Å². The Morgan fingerprint density at radius 2 is 1.60 bits per heavy atom. The van der Waals surface area contributed by atoms with Gasteiger partial charge >= 0.3 is 0 Å². The van der Waals surface area contributed by atoms with Crippen LogP contribution < -0.4 is 0 Å². The van der Waals surface area contributed by atoms with Crippen LogP contribution in [0.15, 0.2) is 6.20 Å². The molecule has 0 amide bonds. The average molecular weight is 282 g/mol. The molecular formula is C17H31FN2. The fraction of sp³-hybridized carbons (Fsp3) is 0.824. The van der Waals surface area contributed by atoms with Crippen molar-refractivity contribution in [2.45, 2.75) is 84.0 Å². The second-order valence-electron chi connectivity index (χ2n) is 6.30. The molecule has 2 nitrogen and oxygen atoms in total. The predicted molar refractivity (Wildman–Crippen MR) is 83.4 cm³/mol. The third-order valence-electron chi connectivity index (χ3n) is 4.43. The number of aryl methyl sites for hydroxylation is 1. The van der Waals surface area contributed by atoms with Gasteiger partial charge in [0, 0.05) is 12.6 Å². The van der Waals surface area contributed by atoms with Gasteiger partial charge < -0.3 is 0 Å². The summed E-state index contributed by atoms with van der Waals surface area (Å²) in [6.45, 7) is 6.65. The van der Waals surface area contributed by atoms with Crippen LogP contribution in [0.4, 0.5) is 4.39 Å². The highest BCUT2D eigenvalue weighted by Crippen LogP contribution is 2.36. The number of hydrogen-bond donors (Lipinski definition) is 0. The van der Waals surface area contributed by atoms with Crippen molar-refractivity contribution in [3.63, 3.8) is 0 Å². The van der Waals surface area contributed by atoms with Crippen molar-refractivity contribution in [3.8, 4) is 0 Å². The lowest BCUT2D eigenvalue weighted by atomic mass is 9.75. The molecule has 0 fully saturated rings. The van der Waals surface area contributed by atoms with Gasteiger partial charge in [-0.2, -0.15) is 9.49 Å². The average Bonchev–Trinajstić information content (AvgIpc) is 2.76. The van der Waals surface area contributed by atoms with E-state index >= 15 is 0 Å². The number of halogens is 1. The summed E-state index contributed by atoms with van der Waals surface area (Å²) in [6.07, 6.45) is 12.4. The van der Waals surface area contributed by atoms with E-state index in [1.807, 2.05) is 0 Å². The summed E-state index contributed by atoms with van der Waals surface area (Å²) < 4.78 is 15.6. The molecule has 1 rings (SSSR count). The Morgan fingerprint density at radius 1 is 1.05 bits per heavy atom. The number of unbranched alkanes of at least 4 members (excludes halogenated alkanes) is 5. The first-order chi connectivity index (χ1) is 9.55. The van der Waals surface area contributed by atoms with Gasteiger partial charge in [0.15, 0.2) is 0 Å². The third-order valence-corrected chi connectivity index (χ3v) is 4.43. The summed E-state index contributed by atoms with van der Waals surface area (Å²) in [5.74, 6) is -0.153. The molecule has 0 saturated carbocycles. The molecule has 1 heterocycles. The van der Waals surface area contributed by atoms with Crippen LogP contribution in [-0.4, -0.2) is 9.78 Å². The Bertz CT molecular complexity index is 386. The summed E-state index contributed by atoms with van der Waals surface area (Å²) in [5.41, 5.74) is 0.758. The van der Waals surface area contributed by atoms with E-state index < -0.39 is 0 Å². The Labute approximate surface area is 123 Å². The number of nitrogens with zero attached hydrogens (tertiary/aromatic N) is 2. The Hall–Kier alpha value is -0.860. The van der Waals surface area contributed by atoms with Crippen LogP contribution in [0, 0.1) is 5.95 Å². The Morgan fingerprint density at radius 3 is 2.10 bits per heavy atom. The van der Waals surface area contributed by atoms with Gasteiger partial charge in [0.1, 0.15) is 0 Å². The van der Waals surface area contributed by atoms with Crippen LogP contribution in [-0.2, 0) is 12.5 Å². The van der Waals surface area contributed by atoms with Crippen molar-refractivity contribution < 1.29 is 4.39 Å². The normalized spacial score (nSPS) is 14.4. The molecule has 0 aliphatic heterocycles. The predicted octanol–water partition coefficient (Wildman–Crippen LogP) is 5.37. The van der Waals surface area contributed by atoms with E-state index in [0.29, 0.717) is 0 Å². The van der Waals surface area contributed by atoms with E-state index in [0.717, 1.165) is 18.4 Å². The molecule has 1 unspecified atom stereocenters. The first kappa shape index (κ1) is 17.2. The van der Waals surface area contributed by atoms with Crippen LogP contribution in [0.25, 0.3) is 0 Å². The molecule has 0 N–H and O–H groups in total. The van der Waals surface area contributed by atoms with E-state index in [1.54, 1.807) is 13.2 Å². The lowest BCUT2D eigenvalue weighted by Gasteiger charge is -2.29. The SMILES string of the molecule is CCCCCCC(C)(CCCCC)c1cnn(C)c1F. The van der Waals surface area contributed by atoms with Crippen LogP contribution >= 0.6 is 0 Å². The summed E-state index contributed by atoms with van der Waals surface area (Å²) >= 11 is 0. The van der Waals surface area contributed by atoms with Crippen molar-refractivity contribution >= 4 is 0 Å². The number of aromatic nitrogens is 2. The zero-order valence-electron chi connectivity index (χ0n) is 13.7. The van der Waals surface area contributed by atoms with Crippen molar-refractivity contribution in [1.29, 1.82) is 0 Å². The Kier molecular flexibility index (Phi) is 7.25. The summed E-state index contributed by atoms with van der Waals surface area (Å²) in [4.78, 5) is 0. The van der Waals surface area contributed by atoms with E-state index in [4.69, 9.17) is 0 Å². The zero-order chi connectivity index (χ0) is 15.0. The highest BCUT2D eigenvalue weighted by atomic mass is 19.1. The van der Waals surface area contributed by atoms with Crippen molar-refractivity contribution in [2.75, 3.05) is 0 Å². The maximum absolute atomic E-state index is 14.2. The first-order valence-corrected chi connectivity index (χ1v) is 8.23. The molecule has 1 aromatic heterocycles. The van der Waals surface area contributed by atoms with Gasteiger partial charge in [0.25, 0.3) is 0 Å². The fourth-order valence-electron chi connectivity index (χ4n) is 2.93. The van der Waals surface area contributed by atoms with Crippen molar-refractivity contribution in [3.05, 3.63) is 17.7 Å². The maximum Gasteiger partial charge on any atom is 0.214 e. The molecule has 0 aliphatic rings.